The number of sulfone groups is 1. The quantitative estimate of drug-likeness (QED) is 0.341. The molecule has 2 aromatic carbocycles. The zero-order valence-corrected chi connectivity index (χ0v) is 16.4. The van der Waals surface area contributed by atoms with Crippen LogP contribution >= 0.6 is 0 Å². The van der Waals surface area contributed by atoms with Gasteiger partial charge in [0.1, 0.15) is 22.2 Å². The standard InChI is InChI=1S/C22H16F2N2O3S/c23-17-5-9-21(19(24)13-17)30(28,29)18-6-1-15(2-7-18)3-8-20(27)16-4-10-22-25-11-12-26(22)14-16/h1-2,4-7,9-14H,3,8H2. The Morgan fingerprint density at radius 1 is 1.00 bits per heavy atom. The van der Waals surface area contributed by atoms with Gasteiger partial charge in [0.05, 0.1) is 4.90 Å². The number of hydrogen-bond acceptors (Lipinski definition) is 4. The highest BCUT2D eigenvalue weighted by Crippen LogP contribution is 2.24. The smallest absolute Gasteiger partial charge is 0.209 e. The topological polar surface area (TPSA) is 68.5 Å². The highest BCUT2D eigenvalue weighted by Gasteiger charge is 2.22. The Kier molecular flexibility index (Phi) is 5.17. The second-order valence-electron chi connectivity index (χ2n) is 6.76. The molecule has 2 aromatic heterocycles. The number of aryl methyl sites for hydroxylation is 1. The number of benzene rings is 2. The highest BCUT2D eigenvalue weighted by molar-refractivity contribution is 7.91. The third kappa shape index (κ3) is 3.86. The summed E-state index contributed by atoms with van der Waals surface area (Å²) in [4.78, 5) is 15.9. The van der Waals surface area contributed by atoms with E-state index in [-0.39, 0.29) is 17.1 Å². The maximum atomic E-state index is 13.9. The SMILES string of the molecule is O=C(CCc1ccc(S(=O)(=O)c2ccc(F)cc2F)cc1)c1ccc2nccn2c1. The highest BCUT2D eigenvalue weighted by atomic mass is 32.2. The number of pyridine rings is 1. The average molecular weight is 426 g/mol. The summed E-state index contributed by atoms with van der Waals surface area (Å²) in [5, 5.41) is 0. The van der Waals surface area contributed by atoms with E-state index in [9.17, 15) is 22.0 Å². The molecule has 0 fully saturated rings. The molecule has 0 aliphatic rings. The number of carbonyl (C=O) groups excluding carboxylic acids is 1. The van der Waals surface area contributed by atoms with Gasteiger partial charge in [0.2, 0.25) is 9.84 Å². The Morgan fingerprint density at radius 3 is 2.50 bits per heavy atom. The van der Waals surface area contributed by atoms with E-state index >= 15 is 0 Å². The molecule has 8 heteroatoms. The fourth-order valence-electron chi connectivity index (χ4n) is 3.14. The number of fused-ring (bicyclic) bond motifs is 1. The number of rotatable bonds is 6. The summed E-state index contributed by atoms with van der Waals surface area (Å²) in [6.07, 6.45) is 5.80. The molecule has 0 bridgehead atoms. The molecule has 4 rings (SSSR count). The lowest BCUT2D eigenvalue weighted by Crippen LogP contribution is -2.06. The zero-order valence-electron chi connectivity index (χ0n) is 15.6. The molecule has 152 valence electrons. The van der Waals surface area contributed by atoms with Crippen LogP contribution in [-0.2, 0) is 16.3 Å². The van der Waals surface area contributed by atoms with Gasteiger partial charge in [0, 0.05) is 36.6 Å². The second kappa shape index (κ2) is 7.79. The molecule has 0 saturated heterocycles. The number of nitrogens with zero attached hydrogens (tertiary/aromatic N) is 2. The molecule has 0 spiro atoms. The molecule has 0 unspecified atom stereocenters. The molecule has 0 radical (unpaired) electrons. The summed E-state index contributed by atoms with van der Waals surface area (Å²) in [5.74, 6) is -2.03. The average Bonchev–Trinajstić information content (AvgIpc) is 3.20. The van der Waals surface area contributed by atoms with Gasteiger partial charge in [-0.1, -0.05) is 12.1 Å². The van der Waals surface area contributed by atoms with Crippen LogP contribution < -0.4 is 0 Å². The van der Waals surface area contributed by atoms with Crippen LogP contribution in [0, 0.1) is 11.6 Å². The number of carbonyl (C=O) groups is 1. The minimum atomic E-state index is -4.11. The van der Waals surface area contributed by atoms with Crippen molar-refractivity contribution >= 4 is 21.3 Å². The Bertz CT molecular complexity index is 1350. The first-order chi connectivity index (χ1) is 14.3. The first-order valence-corrected chi connectivity index (χ1v) is 10.6. The molecule has 0 atom stereocenters. The van der Waals surface area contributed by atoms with Crippen molar-refractivity contribution in [2.75, 3.05) is 0 Å². The Balaban J connectivity index is 1.47. The van der Waals surface area contributed by atoms with Crippen LogP contribution in [-0.4, -0.2) is 23.6 Å². The van der Waals surface area contributed by atoms with E-state index in [2.05, 4.69) is 4.98 Å². The molecule has 0 aliphatic heterocycles. The Labute approximate surface area is 171 Å². The van der Waals surface area contributed by atoms with E-state index in [1.165, 1.54) is 12.1 Å². The van der Waals surface area contributed by atoms with Gasteiger partial charge in [-0.25, -0.2) is 22.2 Å². The van der Waals surface area contributed by atoms with Crippen molar-refractivity contribution in [3.8, 4) is 0 Å². The van der Waals surface area contributed by atoms with E-state index in [0.29, 0.717) is 18.1 Å². The molecule has 5 nitrogen and oxygen atoms in total. The van der Waals surface area contributed by atoms with Crippen LogP contribution in [0.3, 0.4) is 0 Å². The summed E-state index contributed by atoms with van der Waals surface area (Å²) in [6.45, 7) is 0. The minimum absolute atomic E-state index is 0.0457. The lowest BCUT2D eigenvalue weighted by Gasteiger charge is -2.07. The van der Waals surface area contributed by atoms with Crippen LogP contribution in [0.5, 0.6) is 0 Å². The number of halogens is 2. The van der Waals surface area contributed by atoms with Gasteiger partial charge in [-0.2, -0.15) is 0 Å². The molecule has 0 amide bonds. The van der Waals surface area contributed by atoms with Gasteiger partial charge in [-0.15, -0.1) is 0 Å². The van der Waals surface area contributed by atoms with Crippen LogP contribution in [0.2, 0.25) is 0 Å². The monoisotopic (exact) mass is 426 g/mol. The van der Waals surface area contributed by atoms with Gasteiger partial charge in [0.25, 0.3) is 0 Å². The molecule has 0 N–H and O–H groups in total. The van der Waals surface area contributed by atoms with E-state index in [4.69, 9.17) is 0 Å². The first kappa shape index (κ1) is 19.9. The third-order valence-corrected chi connectivity index (χ3v) is 6.57. The van der Waals surface area contributed by atoms with Gasteiger partial charge in [0.15, 0.2) is 5.78 Å². The molecule has 4 aromatic rings. The second-order valence-corrected chi connectivity index (χ2v) is 8.67. The van der Waals surface area contributed by atoms with Gasteiger partial charge in [-0.3, -0.25) is 4.79 Å². The van der Waals surface area contributed by atoms with Crippen molar-refractivity contribution < 1.29 is 22.0 Å². The molecule has 30 heavy (non-hydrogen) atoms. The summed E-state index contributed by atoms with van der Waals surface area (Å²) in [6, 6.07) is 11.7. The summed E-state index contributed by atoms with van der Waals surface area (Å²) in [5.41, 5.74) is 2.08. The number of imidazole rings is 1. The third-order valence-electron chi connectivity index (χ3n) is 4.77. The normalized spacial score (nSPS) is 11.7. The molecule has 2 heterocycles. The fraction of sp³-hybridized carbons (Fsp3) is 0.0909. The Morgan fingerprint density at radius 2 is 1.77 bits per heavy atom. The van der Waals surface area contributed by atoms with Crippen molar-refractivity contribution in [3.05, 3.63) is 95.9 Å². The van der Waals surface area contributed by atoms with Crippen molar-refractivity contribution in [3.63, 3.8) is 0 Å². The fourth-order valence-corrected chi connectivity index (χ4v) is 4.45. The van der Waals surface area contributed by atoms with Crippen molar-refractivity contribution in [2.45, 2.75) is 22.6 Å². The molecular formula is C22H16F2N2O3S. The van der Waals surface area contributed by atoms with Crippen molar-refractivity contribution in [2.24, 2.45) is 0 Å². The van der Waals surface area contributed by atoms with Crippen LogP contribution in [0.1, 0.15) is 22.3 Å². The predicted molar refractivity (Wildman–Crippen MR) is 106 cm³/mol. The Hall–Kier alpha value is -3.39. The predicted octanol–water partition coefficient (Wildman–Crippen LogP) is 4.26. The minimum Gasteiger partial charge on any atom is -0.306 e. The van der Waals surface area contributed by atoms with E-state index < -0.39 is 26.4 Å². The zero-order chi connectivity index (χ0) is 21.3. The number of Topliss-reactive ketones (excluding diaryl/α,β-unsaturated/α-hetero) is 1. The van der Waals surface area contributed by atoms with Gasteiger partial charge in [-0.05, 0) is 48.4 Å². The number of hydrogen-bond donors (Lipinski definition) is 0. The number of aromatic nitrogens is 2. The van der Waals surface area contributed by atoms with Gasteiger partial charge < -0.3 is 4.40 Å². The maximum Gasteiger partial charge on any atom is 0.209 e. The van der Waals surface area contributed by atoms with Crippen LogP contribution in [0.4, 0.5) is 8.78 Å². The molecular weight excluding hydrogens is 410 g/mol. The largest absolute Gasteiger partial charge is 0.306 e. The summed E-state index contributed by atoms with van der Waals surface area (Å²) >= 11 is 0. The van der Waals surface area contributed by atoms with Crippen molar-refractivity contribution in [1.82, 2.24) is 9.38 Å². The summed E-state index contributed by atoms with van der Waals surface area (Å²) < 4.78 is 53.9. The van der Waals surface area contributed by atoms with E-state index in [1.54, 1.807) is 47.3 Å². The lowest BCUT2D eigenvalue weighted by molar-refractivity contribution is 0.0982. The van der Waals surface area contributed by atoms with E-state index in [1.807, 2.05) is 0 Å². The summed E-state index contributed by atoms with van der Waals surface area (Å²) in [7, 11) is -4.11. The molecule has 0 aliphatic carbocycles. The maximum absolute atomic E-state index is 13.9. The first-order valence-electron chi connectivity index (χ1n) is 9.09. The lowest BCUT2D eigenvalue weighted by atomic mass is 10.0. The van der Waals surface area contributed by atoms with Crippen molar-refractivity contribution in [1.29, 1.82) is 0 Å². The number of ketones is 1. The molecule has 0 saturated carbocycles. The van der Waals surface area contributed by atoms with Crippen LogP contribution in [0.25, 0.3) is 5.65 Å². The van der Waals surface area contributed by atoms with E-state index in [0.717, 1.165) is 23.3 Å². The van der Waals surface area contributed by atoms with Crippen LogP contribution in [0.15, 0.2) is 83.0 Å². The van der Waals surface area contributed by atoms with Gasteiger partial charge >= 0.3 is 0 Å².